The summed E-state index contributed by atoms with van der Waals surface area (Å²) in [6.07, 6.45) is 0. The molecule has 8 aromatic carbocycles. The van der Waals surface area contributed by atoms with Crippen LogP contribution in [0.5, 0.6) is 0 Å². The van der Waals surface area contributed by atoms with Crippen LogP contribution in [0.2, 0.25) is 0 Å². The van der Waals surface area contributed by atoms with Gasteiger partial charge in [0, 0.05) is 35.5 Å². The van der Waals surface area contributed by atoms with Crippen molar-refractivity contribution in [2.24, 2.45) is 0 Å². The van der Waals surface area contributed by atoms with E-state index in [-0.39, 0.29) is 0 Å². The lowest BCUT2D eigenvalue weighted by molar-refractivity contribution is 1.21. The van der Waals surface area contributed by atoms with Gasteiger partial charge in [-0.2, -0.15) is 0 Å². The van der Waals surface area contributed by atoms with Crippen LogP contribution in [0.15, 0.2) is 212 Å². The molecule has 0 unspecified atom stereocenters. The minimum Gasteiger partial charge on any atom is -0.345 e. The van der Waals surface area contributed by atoms with E-state index in [0.29, 0.717) is 0 Å². The fourth-order valence-corrected chi connectivity index (χ4v) is 6.70. The molecule has 0 bridgehead atoms. The molecule has 0 spiro atoms. The van der Waals surface area contributed by atoms with Gasteiger partial charge in [-0.15, -0.1) is 0 Å². The van der Waals surface area contributed by atoms with Gasteiger partial charge < -0.3 is 9.80 Å². The molecule has 2 heteroatoms. The molecular formula is C49H38N2. The molecule has 0 fully saturated rings. The molecule has 2 nitrogen and oxygen atoms in total. The molecule has 0 aliphatic rings. The summed E-state index contributed by atoms with van der Waals surface area (Å²) in [7, 11) is 2.12. The fourth-order valence-electron chi connectivity index (χ4n) is 6.70. The second-order valence-corrected chi connectivity index (χ2v) is 12.7. The maximum Gasteiger partial charge on any atom is 0.0467 e. The molecule has 0 saturated heterocycles. The lowest BCUT2D eigenvalue weighted by Crippen LogP contribution is -2.10. The molecule has 8 aromatic rings. The Labute approximate surface area is 301 Å². The first-order chi connectivity index (χ1) is 25.2. The molecule has 0 aliphatic carbocycles. The summed E-state index contributed by atoms with van der Waals surface area (Å²) >= 11 is 0. The average Bonchev–Trinajstić information content (AvgIpc) is 3.22. The highest BCUT2D eigenvalue weighted by Gasteiger charge is 2.15. The van der Waals surface area contributed by atoms with Crippen molar-refractivity contribution in [3.05, 3.63) is 212 Å². The summed E-state index contributed by atoms with van der Waals surface area (Å²) in [5, 5.41) is 0. The van der Waals surface area contributed by atoms with Gasteiger partial charge >= 0.3 is 0 Å². The van der Waals surface area contributed by atoms with E-state index >= 15 is 0 Å². The molecule has 0 aliphatic heterocycles. The number of hydrogen-bond donors (Lipinski definition) is 0. The zero-order valence-corrected chi connectivity index (χ0v) is 28.6. The highest BCUT2D eigenvalue weighted by atomic mass is 15.1. The molecule has 51 heavy (non-hydrogen) atoms. The lowest BCUT2D eigenvalue weighted by Gasteiger charge is -2.27. The quantitative estimate of drug-likeness (QED) is 0.153. The molecule has 0 heterocycles. The Morgan fingerprint density at radius 1 is 0.235 bits per heavy atom. The Hall–Kier alpha value is -6.64. The summed E-state index contributed by atoms with van der Waals surface area (Å²) in [4.78, 5) is 4.58. The van der Waals surface area contributed by atoms with Crippen LogP contribution in [-0.4, -0.2) is 7.05 Å². The van der Waals surface area contributed by atoms with Crippen LogP contribution in [0.1, 0.15) is 0 Å². The zero-order valence-electron chi connectivity index (χ0n) is 28.6. The first-order valence-electron chi connectivity index (χ1n) is 17.4. The van der Waals surface area contributed by atoms with Crippen LogP contribution in [0.4, 0.5) is 28.4 Å². The van der Waals surface area contributed by atoms with E-state index in [1.54, 1.807) is 0 Å². The SMILES string of the molecule is CN(c1ccc(-c2ccccc2)cc1)c1ccc(-c2ccc(N(c3cccc(-c4ccccc4)c3)c3cccc(-c4ccccc4)c3)cc2)cc1. The normalized spacial score (nSPS) is 10.8. The maximum atomic E-state index is 2.35. The van der Waals surface area contributed by atoms with Gasteiger partial charge in [0.05, 0.1) is 0 Å². The van der Waals surface area contributed by atoms with Crippen LogP contribution >= 0.6 is 0 Å². The minimum atomic E-state index is 1.10. The van der Waals surface area contributed by atoms with Gasteiger partial charge in [-0.25, -0.2) is 0 Å². The van der Waals surface area contributed by atoms with Gasteiger partial charge in [-0.1, -0.05) is 152 Å². The van der Waals surface area contributed by atoms with Crippen LogP contribution in [-0.2, 0) is 0 Å². The van der Waals surface area contributed by atoms with E-state index in [1.807, 2.05) is 0 Å². The second-order valence-electron chi connectivity index (χ2n) is 12.7. The van der Waals surface area contributed by atoms with E-state index < -0.39 is 0 Å². The molecule has 0 aromatic heterocycles. The summed E-state index contributed by atoms with van der Waals surface area (Å²) in [5.74, 6) is 0. The van der Waals surface area contributed by atoms with Gasteiger partial charge in [0.25, 0.3) is 0 Å². The van der Waals surface area contributed by atoms with Crippen LogP contribution in [0.3, 0.4) is 0 Å². The molecule has 244 valence electrons. The molecule has 0 radical (unpaired) electrons. The summed E-state index contributed by atoms with van der Waals surface area (Å²) in [5.41, 5.74) is 15.2. The molecule has 0 atom stereocenters. The minimum absolute atomic E-state index is 1.10. The number of hydrogen-bond acceptors (Lipinski definition) is 2. The topological polar surface area (TPSA) is 6.48 Å². The summed E-state index contributed by atoms with van der Waals surface area (Å²) < 4.78 is 0. The van der Waals surface area contributed by atoms with Crippen molar-refractivity contribution in [1.82, 2.24) is 0 Å². The van der Waals surface area contributed by atoms with Crippen molar-refractivity contribution in [1.29, 1.82) is 0 Å². The number of nitrogens with zero attached hydrogens (tertiary/aromatic N) is 2. The molecule has 0 amide bonds. The fraction of sp³-hybridized carbons (Fsp3) is 0.0204. The third kappa shape index (κ3) is 6.94. The monoisotopic (exact) mass is 654 g/mol. The van der Waals surface area contributed by atoms with Crippen molar-refractivity contribution < 1.29 is 0 Å². The largest absolute Gasteiger partial charge is 0.345 e. The van der Waals surface area contributed by atoms with Crippen molar-refractivity contribution in [2.75, 3.05) is 16.8 Å². The Morgan fingerprint density at radius 2 is 0.529 bits per heavy atom. The van der Waals surface area contributed by atoms with E-state index in [4.69, 9.17) is 0 Å². The highest BCUT2D eigenvalue weighted by molar-refractivity contribution is 5.83. The van der Waals surface area contributed by atoms with E-state index in [2.05, 4.69) is 229 Å². The van der Waals surface area contributed by atoms with Crippen LogP contribution in [0, 0.1) is 0 Å². The standard InChI is InChI=1S/C49H38N2/c1-50(45-29-23-40(24-30-45)37-13-5-2-6-14-37)46-31-25-41(26-32-46)42-27-33-47(34-28-42)51(48-21-11-19-43(35-48)38-15-7-3-8-16-38)49-22-12-20-44(36-49)39-17-9-4-10-18-39/h2-36H,1H3. The summed E-state index contributed by atoms with van der Waals surface area (Å²) in [6, 6.07) is 75.8. The third-order valence-corrected chi connectivity index (χ3v) is 9.50. The molecular weight excluding hydrogens is 617 g/mol. The van der Waals surface area contributed by atoms with Gasteiger partial charge in [0.15, 0.2) is 0 Å². The Balaban J connectivity index is 1.08. The predicted molar refractivity (Wildman–Crippen MR) is 217 cm³/mol. The van der Waals surface area contributed by atoms with Crippen LogP contribution < -0.4 is 9.80 Å². The molecule has 8 rings (SSSR count). The van der Waals surface area contributed by atoms with Crippen molar-refractivity contribution in [3.63, 3.8) is 0 Å². The molecule has 0 saturated carbocycles. The van der Waals surface area contributed by atoms with E-state index in [0.717, 1.165) is 28.4 Å². The first kappa shape index (κ1) is 31.6. The van der Waals surface area contributed by atoms with Gasteiger partial charge in [-0.3, -0.25) is 0 Å². The number of anilines is 5. The Bertz CT molecular complexity index is 2250. The average molecular weight is 655 g/mol. The van der Waals surface area contributed by atoms with Gasteiger partial charge in [0.1, 0.15) is 0 Å². The Morgan fingerprint density at radius 3 is 0.902 bits per heavy atom. The first-order valence-corrected chi connectivity index (χ1v) is 17.4. The zero-order chi connectivity index (χ0) is 34.4. The predicted octanol–water partition coefficient (Wildman–Crippen LogP) is 13.6. The van der Waals surface area contributed by atoms with Gasteiger partial charge in [0.2, 0.25) is 0 Å². The maximum absolute atomic E-state index is 2.35. The highest BCUT2D eigenvalue weighted by Crippen LogP contribution is 2.39. The lowest BCUT2D eigenvalue weighted by atomic mass is 10.0. The van der Waals surface area contributed by atoms with Gasteiger partial charge in [-0.05, 0) is 105 Å². The molecule has 0 N–H and O–H groups in total. The van der Waals surface area contributed by atoms with E-state index in [1.165, 1.54) is 44.5 Å². The summed E-state index contributed by atoms with van der Waals surface area (Å²) in [6.45, 7) is 0. The Kier molecular flexibility index (Phi) is 8.96. The number of rotatable bonds is 9. The smallest absolute Gasteiger partial charge is 0.0467 e. The van der Waals surface area contributed by atoms with Crippen molar-refractivity contribution in [2.45, 2.75) is 0 Å². The van der Waals surface area contributed by atoms with E-state index in [9.17, 15) is 0 Å². The van der Waals surface area contributed by atoms with Crippen molar-refractivity contribution in [3.8, 4) is 44.5 Å². The third-order valence-electron chi connectivity index (χ3n) is 9.50. The number of benzene rings is 8. The van der Waals surface area contributed by atoms with Crippen LogP contribution in [0.25, 0.3) is 44.5 Å². The van der Waals surface area contributed by atoms with Crippen molar-refractivity contribution >= 4 is 28.4 Å². The second kappa shape index (κ2) is 14.5.